The molecule has 0 bridgehead atoms. The monoisotopic (exact) mass is 716 g/mol. The number of likely N-dealkylation sites (N-methyl/N-ethyl adjacent to an activating group) is 1. The first-order chi connectivity index (χ1) is 23.5. The molecule has 0 aromatic heterocycles. The predicted octanol–water partition coefficient (Wildman–Crippen LogP) is 10.6. The van der Waals surface area contributed by atoms with E-state index in [0.717, 1.165) is 32.1 Å². The number of aliphatic hydroxyl groups excluding tert-OH is 1. The Morgan fingerprint density at radius 2 is 1.14 bits per heavy atom. The summed E-state index contributed by atoms with van der Waals surface area (Å²) in [6.45, 7) is 4.73. The van der Waals surface area contributed by atoms with Crippen molar-refractivity contribution in [3.8, 4) is 0 Å². The smallest absolute Gasteiger partial charge is 0.387 e. The van der Waals surface area contributed by atoms with Crippen molar-refractivity contribution in [1.82, 2.24) is 5.32 Å². The third-order valence-corrected chi connectivity index (χ3v) is 9.96. The van der Waals surface area contributed by atoms with Crippen LogP contribution < -0.4 is 5.32 Å². The van der Waals surface area contributed by atoms with Gasteiger partial charge in [-0.05, 0) is 19.3 Å². The molecule has 1 unspecified atom stereocenters. The number of aliphatic hydroxyl groups is 1. The number of carbonyl (C=O) groups excluding carboxylic acids is 1. The van der Waals surface area contributed by atoms with E-state index < -0.39 is 20.0 Å². The van der Waals surface area contributed by atoms with Crippen LogP contribution in [-0.4, -0.2) is 73.4 Å². The number of nitrogens with one attached hydrogen (secondary N) is 1. The standard InChI is InChI=1S/C40H79N2O6P/c1-6-8-10-12-14-16-17-18-19-20-21-22-23-24-26-28-30-32-34-40(44)41-38(37-48-49(45,46)47-36-35-42(3,4)5)39(43)33-31-29-27-25-15-13-11-9-7-2/h27,29,31,33,38-39,43H,6-26,28,30,32,34-37H2,1-5H3,(H-,41,44,45,46)/p+1/b29-27+,33-31+/t38-,39+/m0/s1. The Bertz CT molecular complexity index is 860. The van der Waals surface area contributed by atoms with Crippen LogP contribution in [0.1, 0.15) is 174 Å². The molecule has 0 radical (unpaired) electrons. The summed E-state index contributed by atoms with van der Waals surface area (Å²) < 4.78 is 23.4. The number of unbranched alkanes of at least 4 members (excludes halogenated alkanes) is 22. The van der Waals surface area contributed by atoms with Crippen molar-refractivity contribution in [2.75, 3.05) is 40.9 Å². The molecule has 3 N–H and O–H groups in total. The van der Waals surface area contributed by atoms with Gasteiger partial charge in [-0.15, -0.1) is 0 Å². The van der Waals surface area contributed by atoms with E-state index in [0.29, 0.717) is 17.4 Å². The molecular weight excluding hydrogens is 635 g/mol. The van der Waals surface area contributed by atoms with Gasteiger partial charge in [0.05, 0.1) is 39.9 Å². The summed E-state index contributed by atoms with van der Waals surface area (Å²) in [5.41, 5.74) is 0. The highest BCUT2D eigenvalue weighted by atomic mass is 31.2. The van der Waals surface area contributed by atoms with Crippen molar-refractivity contribution >= 4 is 13.7 Å². The molecule has 0 fully saturated rings. The van der Waals surface area contributed by atoms with Crippen LogP contribution in [0.4, 0.5) is 0 Å². The molecule has 1 amide bonds. The summed E-state index contributed by atoms with van der Waals surface area (Å²) in [5, 5.41) is 13.7. The molecule has 0 saturated carbocycles. The van der Waals surface area contributed by atoms with Crippen molar-refractivity contribution in [1.29, 1.82) is 0 Å². The third-order valence-electron chi connectivity index (χ3n) is 8.98. The second kappa shape index (κ2) is 32.9. The van der Waals surface area contributed by atoms with E-state index in [-0.39, 0.29) is 19.1 Å². The van der Waals surface area contributed by atoms with Crippen LogP contribution in [0.5, 0.6) is 0 Å². The number of allylic oxidation sites excluding steroid dienone is 3. The Balaban J connectivity index is 4.38. The molecule has 49 heavy (non-hydrogen) atoms. The zero-order valence-electron chi connectivity index (χ0n) is 32.7. The highest BCUT2D eigenvalue weighted by Gasteiger charge is 2.27. The molecule has 0 aliphatic heterocycles. The molecule has 0 aromatic rings. The lowest BCUT2D eigenvalue weighted by Gasteiger charge is -2.25. The van der Waals surface area contributed by atoms with Gasteiger partial charge in [0.25, 0.3) is 0 Å². The lowest BCUT2D eigenvalue weighted by molar-refractivity contribution is -0.870. The quantitative estimate of drug-likeness (QED) is 0.0258. The Kier molecular flexibility index (Phi) is 32.2. The minimum absolute atomic E-state index is 0.0549. The first kappa shape index (κ1) is 48.0. The molecule has 0 aromatic carbocycles. The minimum Gasteiger partial charge on any atom is -0.387 e. The van der Waals surface area contributed by atoms with E-state index in [9.17, 15) is 19.4 Å². The van der Waals surface area contributed by atoms with E-state index in [4.69, 9.17) is 9.05 Å². The number of amides is 1. The Morgan fingerprint density at radius 3 is 1.61 bits per heavy atom. The van der Waals surface area contributed by atoms with Crippen molar-refractivity contribution in [3.05, 3.63) is 24.3 Å². The van der Waals surface area contributed by atoms with Gasteiger partial charge >= 0.3 is 7.82 Å². The fraction of sp³-hybridized carbons (Fsp3) is 0.875. The first-order valence-electron chi connectivity index (χ1n) is 20.2. The highest BCUT2D eigenvalue weighted by Crippen LogP contribution is 2.43. The topological polar surface area (TPSA) is 105 Å². The average Bonchev–Trinajstić information content (AvgIpc) is 3.04. The molecule has 0 saturated heterocycles. The molecule has 0 rings (SSSR count). The van der Waals surface area contributed by atoms with Gasteiger partial charge in [0, 0.05) is 6.42 Å². The second-order valence-corrected chi connectivity index (χ2v) is 16.5. The summed E-state index contributed by atoms with van der Waals surface area (Å²) in [6.07, 6.45) is 36.9. The maximum atomic E-state index is 12.8. The number of quaternary nitrogens is 1. The van der Waals surface area contributed by atoms with E-state index in [1.165, 1.54) is 122 Å². The normalized spacial score (nSPS) is 14.8. The van der Waals surface area contributed by atoms with Crippen LogP contribution in [0, 0.1) is 0 Å². The Morgan fingerprint density at radius 1 is 0.694 bits per heavy atom. The average molecular weight is 716 g/mol. The Labute approximate surface area is 303 Å². The summed E-state index contributed by atoms with van der Waals surface area (Å²) in [6, 6.07) is -0.871. The molecule has 0 aliphatic rings. The number of phosphoric ester groups is 1. The van der Waals surface area contributed by atoms with Crippen LogP contribution in [-0.2, 0) is 18.4 Å². The van der Waals surface area contributed by atoms with Crippen molar-refractivity contribution in [2.24, 2.45) is 0 Å². The molecule has 290 valence electrons. The molecule has 8 nitrogen and oxygen atoms in total. The number of nitrogens with zero attached hydrogens (tertiary/aromatic N) is 1. The second-order valence-electron chi connectivity index (χ2n) is 15.1. The third kappa shape index (κ3) is 35.2. The van der Waals surface area contributed by atoms with Crippen LogP contribution in [0.25, 0.3) is 0 Å². The zero-order chi connectivity index (χ0) is 36.5. The maximum Gasteiger partial charge on any atom is 0.472 e. The van der Waals surface area contributed by atoms with Crippen LogP contribution >= 0.6 is 7.82 Å². The van der Waals surface area contributed by atoms with Crippen molar-refractivity contribution in [2.45, 2.75) is 187 Å². The van der Waals surface area contributed by atoms with Gasteiger partial charge in [-0.25, -0.2) is 4.57 Å². The van der Waals surface area contributed by atoms with Crippen molar-refractivity contribution < 1.29 is 32.9 Å². The number of phosphoric acid groups is 1. The van der Waals surface area contributed by atoms with Gasteiger partial charge in [0.2, 0.25) is 5.91 Å². The van der Waals surface area contributed by atoms with Crippen LogP contribution in [0.3, 0.4) is 0 Å². The van der Waals surface area contributed by atoms with E-state index in [1.807, 2.05) is 27.2 Å². The molecular formula is C40H80N2O6P+. The van der Waals surface area contributed by atoms with Gasteiger partial charge in [0.1, 0.15) is 13.2 Å². The van der Waals surface area contributed by atoms with E-state index in [1.54, 1.807) is 12.2 Å². The van der Waals surface area contributed by atoms with Crippen molar-refractivity contribution in [3.63, 3.8) is 0 Å². The number of hydrogen-bond donors (Lipinski definition) is 3. The van der Waals surface area contributed by atoms with Gasteiger partial charge in [-0.3, -0.25) is 13.8 Å². The largest absolute Gasteiger partial charge is 0.472 e. The van der Waals surface area contributed by atoms with Gasteiger partial charge in [0.15, 0.2) is 0 Å². The number of hydrogen-bond acceptors (Lipinski definition) is 5. The lowest BCUT2D eigenvalue weighted by atomic mass is 10.0. The highest BCUT2D eigenvalue weighted by molar-refractivity contribution is 7.47. The van der Waals surface area contributed by atoms with Gasteiger partial charge < -0.3 is 19.8 Å². The number of rotatable bonds is 36. The lowest BCUT2D eigenvalue weighted by Crippen LogP contribution is -2.45. The van der Waals surface area contributed by atoms with E-state index >= 15 is 0 Å². The number of carbonyl (C=O) groups is 1. The molecule has 3 atom stereocenters. The minimum atomic E-state index is -4.34. The summed E-state index contributed by atoms with van der Waals surface area (Å²) in [5.74, 6) is -0.195. The van der Waals surface area contributed by atoms with Crippen LogP contribution in [0.15, 0.2) is 24.3 Å². The molecule has 0 aliphatic carbocycles. The SMILES string of the molecule is CCCCCCC/C=C/C=C/[C@@H](O)[C@H](COP(=O)(O)OCC[N+](C)(C)C)NC(=O)CCCCCCCCCCCCCCCCCCCC. The maximum absolute atomic E-state index is 12.8. The summed E-state index contributed by atoms with van der Waals surface area (Å²) in [7, 11) is 1.55. The fourth-order valence-corrected chi connectivity index (χ4v) is 6.42. The molecule has 0 heterocycles. The molecule has 9 heteroatoms. The van der Waals surface area contributed by atoms with Gasteiger partial charge in [-0.1, -0.05) is 173 Å². The zero-order valence-corrected chi connectivity index (χ0v) is 33.6. The summed E-state index contributed by atoms with van der Waals surface area (Å²) in [4.78, 5) is 23.0. The first-order valence-corrected chi connectivity index (χ1v) is 21.7. The van der Waals surface area contributed by atoms with E-state index in [2.05, 4.69) is 25.2 Å². The van der Waals surface area contributed by atoms with Crippen LogP contribution in [0.2, 0.25) is 0 Å². The Hall–Kier alpha value is -1.02. The predicted molar refractivity (Wildman–Crippen MR) is 208 cm³/mol. The van der Waals surface area contributed by atoms with Gasteiger partial charge in [-0.2, -0.15) is 0 Å². The fourth-order valence-electron chi connectivity index (χ4n) is 5.69. The summed E-state index contributed by atoms with van der Waals surface area (Å²) >= 11 is 0. The molecule has 0 spiro atoms.